The van der Waals surface area contributed by atoms with Crippen LogP contribution in [0.15, 0.2) is 0 Å². The van der Waals surface area contributed by atoms with Crippen LogP contribution in [0, 0.1) is 0 Å². The van der Waals surface area contributed by atoms with Gasteiger partial charge in [-0.3, -0.25) is 0 Å². The lowest BCUT2D eigenvalue weighted by atomic mass is 9.86. The molecule has 0 aromatic rings. The van der Waals surface area contributed by atoms with Crippen molar-refractivity contribution in [2.24, 2.45) is 5.73 Å². The molecule has 0 aromatic heterocycles. The monoisotopic (exact) mass is 202 g/mol. The van der Waals surface area contributed by atoms with Gasteiger partial charge in [-0.25, -0.2) is 4.79 Å². The molecule has 0 aliphatic rings. The summed E-state index contributed by atoms with van der Waals surface area (Å²) in [6, 6.07) is 0. The molecule has 0 fully saturated rings. The highest BCUT2D eigenvalue weighted by molar-refractivity contribution is 5.65. The lowest BCUT2D eigenvalue weighted by Crippen LogP contribution is -2.48. The molecule has 0 heterocycles. The Hall–Kier alpha value is -0.770. The van der Waals surface area contributed by atoms with Gasteiger partial charge in [0.25, 0.3) is 0 Å². The van der Waals surface area contributed by atoms with Crippen molar-refractivity contribution in [3.05, 3.63) is 0 Å². The van der Waals surface area contributed by atoms with Crippen molar-refractivity contribution < 1.29 is 9.90 Å². The van der Waals surface area contributed by atoms with Gasteiger partial charge in [0.1, 0.15) is 0 Å². The molecule has 1 amide bonds. The van der Waals surface area contributed by atoms with E-state index in [0.717, 1.165) is 25.7 Å². The summed E-state index contributed by atoms with van der Waals surface area (Å²) in [6.45, 7) is 4.67. The van der Waals surface area contributed by atoms with Crippen LogP contribution < -0.4 is 5.73 Å². The Labute approximate surface area is 86.1 Å². The molecule has 0 aliphatic carbocycles. The van der Waals surface area contributed by atoms with E-state index in [2.05, 4.69) is 0 Å². The molecule has 4 nitrogen and oxygen atoms in total. The third-order valence-electron chi connectivity index (χ3n) is 3.16. The van der Waals surface area contributed by atoms with Crippen molar-refractivity contribution in [1.82, 2.24) is 4.90 Å². The van der Waals surface area contributed by atoms with Gasteiger partial charge >= 0.3 is 6.09 Å². The molecule has 0 radical (unpaired) electrons. The Balaban J connectivity index is 4.58. The second kappa shape index (κ2) is 5.86. The van der Waals surface area contributed by atoms with Crippen LogP contribution in [0.25, 0.3) is 0 Å². The number of rotatable bonds is 6. The smallest absolute Gasteiger partial charge is 0.407 e. The largest absolute Gasteiger partial charge is 0.465 e. The van der Waals surface area contributed by atoms with Crippen LogP contribution in [-0.2, 0) is 0 Å². The second-order valence-corrected chi connectivity index (χ2v) is 3.67. The van der Waals surface area contributed by atoms with Crippen LogP contribution in [0.4, 0.5) is 4.79 Å². The minimum absolute atomic E-state index is 0.231. The lowest BCUT2D eigenvalue weighted by molar-refractivity contribution is 0.0803. The molecule has 0 unspecified atom stereocenters. The Bertz CT molecular complexity index is 179. The number of nitrogens with zero attached hydrogens (tertiary/aromatic N) is 1. The Kier molecular flexibility index (Phi) is 5.53. The van der Waals surface area contributed by atoms with Crippen molar-refractivity contribution >= 4 is 6.09 Å². The maximum atomic E-state index is 10.9. The summed E-state index contributed by atoms with van der Waals surface area (Å²) in [6.07, 6.45) is 2.54. The quantitative estimate of drug-likeness (QED) is 0.691. The van der Waals surface area contributed by atoms with E-state index in [0.29, 0.717) is 6.54 Å². The first-order valence-electron chi connectivity index (χ1n) is 5.21. The van der Waals surface area contributed by atoms with Gasteiger partial charge in [-0.2, -0.15) is 0 Å². The topological polar surface area (TPSA) is 66.6 Å². The van der Waals surface area contributed by atoms with Crippen LogP contribution in [0.2, 0.25) is 0 Å². The summed E-state index contributed by atoms with van der Waals surface area (Å²) < 4.78 is 0. The van der Waals surface area contributed by atoms with Gasteiger partial charge in [-0.05, 0) is 32.2 Å². The SMILES string of the molecule is CCC(CC)(CCCN)N(C)C(=O)O. The van der Waals surface area contributed by atoms with E-state index in [1.54, 1.807) is 7.05 Å². The molecule has 0 atom stereocenters. The number of hydrogen-bond acceptors (Lipinski definition) is 2. The molecule has 84 valence electrons. The molecule has 4 heteroatoms. The van der Waals surface area contributed by atoms with E-state index >= 15 is 0 Å². The van der Waals surface area contributed by atoms with Gasteiger partial charge in [-0.1, -0.05) is 13.8 Å². The first-order valence-corrected chi connectivity index (χ1v) is 5.21. The van der Waals surface area contributed by atoms with Crippen molar-refractivity contribution in [1.29, 1.82) is 0 Å². The molecule has 0 rings (SSSR count). The fourth-order valence-electron chi connectivity index (χ4n) is 1.88. The Morgan fingerprint density at radius 1 is 1.43 bits per heavy atom. The third-order valence-corrected chi connectivity index (χ3v) is 3.16. The maximum absolute atomic E-state index is 10.9. The number of nitrogens with two attached hydrogens (primary N) is 1. The Morgan fingerprint density at radius 3 is 2.21 bits per heavy atom. The van der Waals surface area contributed by atoms with Crippen LogP contribution >= 0.6 is 0 Å². The molecule has 0 aromatic carbocycles. The third kappa shape index (κ3) is 2.87. The number of amides is 1. The molecular weight excluding hydrogens is 180 g/mol. The Morgan fingerprint density at radius 2 is 1.93 bits per heavy atom. The molecule has 0 saturated heterocycles. The normalized spacial score (nSPS) is 11.4. The van der Waals surface area contributed by atoms with Crippen molar-refractivity contribution in [3.8, 4) is 0 Å². The van der Waals surface area contributed by atoms with E-state index in [1.807, 2.05) is 13.8 Å². The summed E-state index contributed by atoms with van der Waals surface area (Å²) in [5.74, 6) is 0. The van der Waals surface area contributed by atoms with Gasteiger partial charge in [-0.15, -0.1) is 0 Å². The van der Waals surface area contributed by atoms with Crippen LogP contribution in [0.5, 0.6) is 0 Å². The van der Waals surface area contributed by atoms with E-state index in [4.69, 9.17) is 10.8 Å². The molecular formula is C10H22N2O2. The highest BCUT2D eigenvalue weighted by atomic mass is 16.4. The summed E-state index contributed by atoms with van der Waals surface area (Å²) in [4.78, 5) is 12.4. The van der Waals surface area contributed by atoms with Crippen LogP contribution in [0.3, 0.4) is 0 Å². The molecule has 0 spiro atoms. The fourth-order valence-corrected chi connectivity index (χ4v) is 1.88. The first kappa shape index (κ1) is 13.2. The number of carboxylic acid groups (broad SMARTS) is 1. The molecule has 14 heavy (non-hydrogen) atoms. The molecule has 3 N–H and O–H groups in total. The van der Waals surface area contributed by atoms with E-state index in [9.17, 15) is 4.79 Å². The van der Waals surface area contributed by atoms with Gasteiger partial charge < -0.3 is 15.7 Å². The summed E-state index contributed by atoms with van der Waals surface area (Å²) in [5.41, 5.74) is 5.22. The number of carbonyl (C=O) groups is 1. The zero-order valence-corrected chi connectivity index (χ0v) is 9.42. The summed E-state index contributed by atoms with van der Waals surface area (Å²) >= 11 is 0. The van der Waals surface area contributed by atoms with E-state index in [-0.39, 0.29) is 5.54 Å². The van der Waals surface area contributed by atoms with Crippen molar-refractivity contribution in [3.63, 3.8) is 0 Å². The van der Waals surface area contributed by atoms with Gasteiger partial charge in [0.15, 0.2) is 0 Å². The molecule has 0 saturated carbocycles. The average Bonchev–Trinajstić information content (AvgIpc) is 2.19. The minimum atomic E-state index is -0.856. The van der Waals surface area contributed by atoms with Crippen LogP contribution in [-0.4, -0.2) is 35.2 Å². The summed E-state index contributed by atoms with van der Waals surface area (Å²) in [7, 11) is 1.64. The van der Waals surface area contributed by atoms with Crippen LogP contribution in [0.1, 0.15) is 39.5 Å². The second-order valence-electron chi connectivity index (χ2n) is 3.67. The van der Waals surface area contributed by atoms with E-state index in [1.165, 1.54) is 4.90 Å². The highest BCUT2D eigenvalue weighted by Crippen LogP contribution is 2.27. The standard InChI is InChI=1S/C10H22N2O2/c1-4-10(5-2,7-6-8-11)12(3)9(13)14/h4-8,11H2,1-3H3,(H,13,14). The lowest BCUT2D eigenvalue weighted by Gasteiger charge is -2.39. The predicted octanol–water partition coefficient (Wildman–Crippen LogP) is 1.89. The van der Waals surface area contributed by atoms with E-state index < -0.39 is 6.09 Å². The van der Waals surface area contributed by atoms with Crippen molar-refractivity contribution in [2.75, 3.05) is 13.6 Å². The fraction of sp³-hybridized carbons (Fsp3) is 0.900. The minimum Gasteiger partial charge on any atom is -0.465 e. The zero-order valence-electron chi connectivity index (χ0n) is 9.42. The van der Waals surface area contributed by atoms with Gasteiger partial charge in [0.2, 0.25) is 0 Å². The highest BCUT2D eigenvalue weighted by Gasteiger charge is 2.33. The van der Waals surface area contributed by atoms with Gasteiger partial charge in [0, 0.05) is 12.6 Å². The summed E-state index contributed by atoms with van der Waals surface area (Å²) in [5, 5.41) is 8.97. The average molecular weight is 202 g/mol. The van der Waals surface area contributed by atoms with Crippen molar-refractivity contribution in [2.45, 2.75) is 45.1 Å². The first-order chi connectivity index (χ1) is 6.54. The van der Waals surface area contributed by atoms with Gasteiger partial charge in [0.05, 0.1) is 0 Å². The maximum Gasteiger partial charge on any atom is 0.407 e. The zero-order chi connectivity index (χ0) is 11.2. The number of hydrogen-bond donors (Lipinski definition) is 2. The molecule has 0 bridgehead atoms. The predicted molar refractivity (Wildman–Crippen MR) is 57.4 cm³/mol. The molecule has 0 aliphatic heterocycles.